The van der Waals surface area contributed by atoms with Crippen molar-refractivity contribution in [1.29, 1.82) is 5.26 Å². The van der Waals surface area contributed by atoms with Gasteiger partial charge in [-0.1, -0.05) is 53.7 Å². The van der Waals surface area contributed by atoms with Gasteiger partial charge in [-0.05, 0) is 36.8 Å². The van der Waals surface area contributed by atoms with Gasteiger partial charge < -0.3 is 0 Å². The zero-order chi connectivity index (χ0) is 24.0. The number of benzene rings is 3. The van der Waals surface area contributed by atoms with Gasteiger partial charge in [-0.2, -0.15) is 10.4 Å². The van der Waals surface area contributed by atoms with Gasteiger partial charge in [0.05, 0.1) is 10.6 Å². The van der Waals surface area contributed by atoms with Gasteiger partial charge in [0.2, 0.25) is 0 Å². The van der Waals surface area contributed by atoms with Gasteiger partial charge in [0, 0.05) is 27.6 Å². The molecule has 0 saturated carbocycles. The van der Waals surface area contributed by atoms with Crippen molar-refractivity contribution in [2.24, 2.45) is 5.10 Å². The third-order valence-corrected chi connectivity index (χ3v) is 7.18. The number of halogens is 1. The number of sulfonamides is 1. The third-order valence-electron chi connectivity index (χ3n) is 4.29. The molecule has 0 aliphatic carbocycles. The van der Waals surface area contributed by atoms with Crippen LogP contribution in [-0.4, -0.2) is 18.4 Å². The number of nitro benzene ring substituents is 1. The van der Waals surface area contributed by atoms with Gasteiger partial charge in [-0.3, -0.25) is 15.5 Å². The summed E-state index contributed by atoms with van der Waals surface area (Å²) in [6.07, 6.45) is 1.44. The first-order valence-corrected chi connectivity index (χ1v) is 11.9. The normalized spacial score (nSPS) is 11.1. The molecular formula is C21H16ClKN5O4S2+. The number of hydrogen-bond acceptors (Lipinski definition) is 8. The largest absolute Gasteiger partial charge is 1.00 e. The van der Waals surface area contributed by atoms with Gasteiger partial charge in [0.15, 0.2) is 6.19 Å². The van der Waals surface area contributed by atoms with Crippen LogP contribution in [0.3, 0.4) is 0 Å². The van der Waals surface area contributed by atoms with Crippen LogP contribution in [0.1, 0.15) is 11.1 Å². The van der Waals surface area contributed by atoms with E-state index >= 15 is 0 Å². The fraction of sp³-hybridized carbons (Fsp3) is 0.0476. The van der Waals surface area contributed by atoms with Gasteiger partial charge in [0.1, 0.15) is 9.94 Å². The Morgan fingerprint density at radius 1 is 1.15 bits per heavy atom. The second-order valence-electron chi connectivity index (χ2n) is 6.57. The van der Waals surface area contributed by atoms with Crippen LogP contribution in [-0.2, 0) is 10.0 Å². The SMILES string of the molecule is Cc1cc(S(=O)(=O)NC#N)c(S/C(=N\Nc2ccc([N+](=O)[O-])cc2)c2ccccc2)cc1Cl.[K+]. The number of thioether (sulfide) groups is 1. The van der Waals surface area contributed by atoms with Crippen molar-refractivity contribution in [3.05, 3.63) is 93.0 Å². The van der Waals surface area contributed by atoms with Crippen LogP contribution < -0.4 is 61.5 Å². The van der Waals surface area contributed by atoms with E-state index in [1.165, 1.54) is 42.6 Å². The number of nitro groups is 1. The van der Waals surface area contributed by atoms with Crippen LogP contribution >= 0.6 is 23.4 Å². The van der Waals surface area contributed by atoms with E-state index in [0.717, 1.165) is 11.8 Å². The van der Waals surface area contributed by atoms with Gasteiger partial charge in [0.25, 0.3) is 15.7 Å². The molecule has 0 aliphatic rings. The molecule has 0 heterocycles. The molecule has 168 valence electrons. The molecular weight excluding hydrogens is 525 g/mol. The number of nitrogens with zero attached hydrogens (tertiary/aromatic N) is 3. The maximum atomic E-state index is 12.6. The summed E-state index contributed by atoms with van der Waals surface area (Å²) >= 11 is 7.29. The number of hydrogen-bond donors (Lipinski definition) is 2. The van der Waals surface area contributed by atoms with Crippen molar-refractivity contribution >= 4 is 49.8 Å². The van der Waals surface area contributed by atoms with E-state index in [1.54, 1.807) is 31.2 Å². The predicted molar refractivity (Wildman–Crippen MR) is 128 cm³/mol. The van der Waals surface area contributed by atoms with E-state index < -0.39 is 14.9 Å². The summed E-state index contributed by atoms with van der Waals surface area (Å²) in [4.78, 5) is 10.5. The van der Waals surface area contributed by atoms with Crippen molar-refractivity contribution in [2.45, 2.75) is 16.7 Å². The van der Waals surface area contributed by atoms with E-state index in [1.807, 2.05) is 10.8 Å². The molecule has 0 bridgehead atoms. The van der Waals surface area contributed by atoms with Crippen LogP contribution in [0.4, 0.5) is 11.4 Å². The topological polar surface area (TPSA) is 137 Å². The van der Waals surface area contributed by atoms with Gasteiger partial charge >= 0.3 is 51.4 Å². The number of aryl methyl sites for hydroxylation is 1. The predicted octanol–water partition coefficient (Wildman–Crippen LogP) is 1.89. The summed E-state index contributed by atoms with van der Waals surface area (Å²) < 4.78 is 27.0. The molecule has 0 spiro atoms. The molecule has 2 N–H and O–H groups in total. The Morgan fingerprint density at radius 2 is 1.79 bits per heavy atom. The molecule has 9 nitrogen and oxygen atoms in total. The van der Waals surface area contributed by atoms with Crippen LogP contribution in [0.25, 0.3) is 0 Å². The first-order valence-electron chi connectivity index (χ1n) is 9.24. The number of nitrogens with one attached hydrogen (secondary N) is 2. The quantitative estimate of drug-likeness (QED) is 0.0682. The van der Waals surface area contributed by atoms with E-state index in [0.29, 0.717) is 26.9 Å². The molecule has 0 unspecified atom stereocenters. The minimum atomic E-state index is -4.12. The summed E-state index contributed by atoms with van der Waals surface area (Å²) in [5, 5.41) is 24.8. The second kappa shape index (κ2) is 12.7. The Kier molecular flexibility index (Phi) is 10.5. The van der Waals surface area contributed by atoms with Crippen LogP contribution in [0.5, 0.6) is 0 Å². The zero-order valence-corrected chi connectivity index (χ0v) is 23.5. The first kappa shape index (κ1) is 28.3. The van der Waals surface area contributed by atoms with E-state index in [4.69, 9.17) is 16.9 Å². The molecule has 34 heavy (non-hydrogen) atoms. The number of non-ortho nitro benzene ring substituents is 1. The number of nitriles is 1. The first-order chi connectivity index (χ1) is 15.7. The molecule has 0 fully saturated rings. The zero-order valence-electron chi connectivity index (χ0n) is 18.0. The maximum absolute atomic E-state index is 12.6. The molecule has 0 aliphatic heterocycles. The minimum Gasteiger partial charge on any atom is -0.277 e. The van der Waals surface area contributed by atoms with Crippen molar-refractivity contribution in [1.82, 2.24) is 4.72 Å². The average molecular weight is 541 g/mol. The van der Waals surface area contributed by atoms with Gasteiger partial charge in [-0.15, -0.1) is 0 Å². The Balaban J connectivity index is 0.00000408. The summed E-state index contributed by atoms with van der Waals surface area (Å²) in [6.45, 7) is 1.66. The summed E-state index contributed by atoms with van der Waals surface area (Å²) in [7, 11) is -4.12. The van der Waals surface area contributed by atoms with Crippen molar-refractivity contribution < 1.29 is 64.7 Å². The van der Waals surface area contributed by atoms with Crippen molar-refractivity contribution in [2.75, 3.05) is 5.43 Å². The van der Waals surface area contributed by atoms with Crippen LogP contribution in [0.15, 0.2) is 81.6 Å². The fourth-order valence-electron chi connectivity index (χ4n) is 2.65. The molecule has 3 aromatic rings. The van der Waals surface area contributed by atoms with E-state index in [9.17, 15) is 18.5 Å². The maximum Gasteiger partial charge on any atom is 1.00 e. The molecule has 13 heteroatoms. The summed E-state index contributed by atoms with van der Waals surface area (Å²) in [5.41, 5.74) is 4.48. The van der Waals surface area contributed by atoms with Crippen LogP contribution in [0, 0.1) is 28.5 Å². The molecule has 3 aromatic carbocycles. The summed E-state index contributed by atoms with van der Waals surface area (Å²) in [6, 6.07) is 17.6. The standard InChI is InChI=1S/C21H16ClN5O4S2.K/c1-14-11-20(33(30,31)24-13-23)19(12-18(14)22)32-21(15-5-3-2-4-6-15)26-25-16-7-9-17(10-8-16)27(28)29;/h2-12,24-25H,1H3;/q;+1/b26-21-;. The Hall–Kier alpha value is -1.95. The smallest absolute Gasteiger partial charge is 0.277 e. The van der Waals surface area contributed by atoms with Crippen molar-refractivity contribution in [3.8, 4) is 6.19 Å². The monoisotopic (exact) mass is 540 g/mol. The summed E-state index contributed by atoms with van der Waals surface area (Å²) in [5.74, 6) is 0. The molecule has 0 amide bonds. The third kappa shape index (κ3) is 7.27. The fourth-order valence-corrected chi connectivity index (χ4v) is 5.10. The second-order valence-corrected chi connectivity index (χ2v) is 9.65. The minimum absolute atomic E-state index is 0. The number of anilines is 1. The Morgan fingerprint density at radius 3 is 2.38 bits per heavy atom. The van der Waals surface area contributed by atoms with E-state index in [-0.39, 0.29) is 66.9 Å². The molecule has 0 saturated heterocycles. The number of rotatable bonds is 7. The molecule has 0 aromatic heterocycles. The van der Waals surface area contributed by atoms with Crippen molar-refractivity contribution in [3.63, 3.8) is 0 Å². The Bertz CT molecular complexity index is 1360. The number of hydrazone groups is 1. The molecule has 0 atom stereocenters. The Labute approximate surface area is 248 Å². The average Bonchev–Trinajstić information content (AvgIpc) is 2.79. The molecule has 0 radical (unpaired) electrons. The van der Waals surface area contributed by atoms with E-state index in [2.05, 4.69) is 10.5 Å². The van der Waals surface area contributed by atoms with Crippen LogP contribution in [0.2, 0.25) is 5.02 Å². The van der Waals surface area contributed by atoms with Gasteiger partial charge in [-0.25, -0.2) is 13.1 Å². The molecule has 3 rings (SSSR count).